The van der Waals surface area contributed by atoms with Crippen LogP contribution in [0.5, 0.6) is 0 Å². The Labute approximate surface area is 302 Å². The Hall–Kier alpha value is -3.48. The topological polar surface area (TPSA) is 113 Å². The third kappa shape index (κ3) is 7.29. The molecule has 2 aliphatic heterocycles. The highest BCUT2D eigenvalue weighted by molar-refractivity contribution is 6.36. The summed E-state index contributed by atoms with van der Waals surface area (Å²) in [7, 11) is 3.64. The van der Waals surface area contributed by atoms with E-state index in [4.69, 9.17) is 32.7 Å². The second-order valence-electron chi connectivity index (χ2n) is 13.5. The fraction of sp³-hybridized carbons (Fsp3) is 0.514. The van der Waals surface area contributed by atoms with Gasteiger partial charge in [0, 0.05) is 68.8 Å². The average Bonchev–Trinajstić information content (AvgIpc) is 3.76. The van der Waals surface area contributed by atoms with Crippen LogP contribution in [-0.2, 0) is 37.3 Å². The van der Waals surface area contributed by atoms with Crippen molar-refractivity contribution < 1.29 is 28.7 Å². The number of nitrogens with one attached hydrogen (secondary N) is 1. The molecule has 3 aliphatic rings. The van der Waals surface area contributed by atoms with Crippen LogP contribution in [0.1, 0.15) is 61.4 Å². The Bertz CT molecular complexity index is 1770. The lowest BCUT2D eigenvalue weighted by atomic mass is 9.87. The van der Waals surface area contributed by atoms with Crippen molar-refractivity contribution in [2.24, 2.45) is 13.0 Å². The SMILES string of the molecule is CCOC(=O)[C@H]1CC[C@H](OC(C(=O)Cc2cc(Cl)c(NC(=O)c3cn(C)c4ccccc34)cc2Cl)(N2CCCC2)N2CCN(C)C(=O)C2)CC1. The molecule has 3 aromatic rings. The number of halogens is 2. The summed E-state index contributed by atoms with van der Waals surface area (Å²) in [6.45, 7) is 4.36. The van der Waals surface area contributed by atoms with E-state index in [2.05, 4.69) is 10.2 Å². The molecule has 1 atom stereocenters. The number of hydrogen-bond donors (Lipinski definition) is 1. The number of Topliss-reactive ketones (excluding diaryl/α,β-unsaturated/α-hetero) is 1. The van der Waals surface area contributed by atoms with Gasteiger partial charge in [0.15, 0.2) is 5.78 Å². The number of aryl methyl sites for hydroxylation is 1. The molecule has 2 amide bonds. The summed E-state index contributed by atoms with van der Waals surface area (Å²) in [5, 5.41) is 4.22. The van der Waals surface area contributed by atoms with E-state index in [1.165, 1.54) is 0 Å². The number of ketones is 1. The number of carbonyl (C=O) groups is 4. The van der Waals surface area contributed by atoms with Crippen LogP contribution < -0.4 is 5.32 Å². The number of anilines is 1. The molecule has 0 bridgehead atoms. The third-order valence-electron chi connectivity index (χ3n) is 10.3. The zero-order valence-corrected chi connectivity index (χ0v) is 30.4. The summed E-state index contributed by atoms with van der Waals surface area (Å²) < 4.78 is 14.1. The Balaban J connectivity index is 1.27. The van der Waals surface area contributed by atoms with Crippen LogP contribution in [0.2, 0.25) is 10.0 Å². The van der Waals surface area contributed by atoms with Crippen molar-refractivity contribution in [3.05, 3.63) is 63.8 Å². The van der Waals surface area contributed by atoms with Gasteiger partial charge in [-0.1, -0.05) is 41.4 Å². The largest absolute Gasteiger partial charge is 0.466 e. The van der Waals surface area contributed by atoms with Crippen molar-refractivity contribution >= 4 is 63.4 Å². The van der Waals surface area contributed by atoms with Crippen molar-refractivity contribution in [3.63, 3.8) is 0 Å². The summed E-state index contributed by atoms with van der Waals surface area (Å²) in [6.07, 6.45) is 5.54. The summed E-state index contributed by atoms with van der Waals surface area (Å²) >= 11 is 13.6. The third-order valence-corrected chi connectivity index (χ3v) is 11.0. The molecular formula is C37H45Cl2N5O6. The first kappa shape index (κ1) is 36.3. The lowest BCUT2D eigenvalue weighted by Crippen LogP contribution is -2.71. The van der Waals surface area contributed by atoms with Crippen molar-refractivity contribution in [3.8, 4) is 0 Å². The summed E-state index contributed by atoms with van der Waals surface area (Å²) in [5.74, 6) is -2.56. The predicted octanol–water partition coefficient (Wildman–Crippen LogP) is 5.51. The van der Waals surface area contributed by atoms with Gasteiger partial charge in [-0.3, -0.25) is 24.1 Å². The van der Waals surface area contributed by atoms with Gasteiger partial charge in [0.2, 0.25) is 11.8 Å². The molecule has 6 rings (SSSR count). The second-order valence-corrected chi connectivity index (χ2v) is 14.3. The normalized spacial score (nSPS) is 21.7. The van der Waals surface area contributed by atoms with E-state index >= 15 is 0 Å². The molecule has 2 aromatic carbocycles. The number of nitrogens with zero attached hydrogens (tertiary/aromatic N) is 4. The van der Waals surface area contributed by atoms with E-state index in [0.29, 0.717) is 75.3 Å². The Morgan fingerprint density at radius 2 is 1.66 bits per heavy atom. The summed E-state index contributed by atoms with van der Waals surface area (Å²) in [4.78, 5) is 59.5. The van der Waals surface area contributed by atoms with Gasteiger partial charge in [0.25, 0.3) is 5.91 Å². The maximum absolute atomic E-state index is 14.9. The minimum atomic E-state index is -1.51. The smallest absolute Gasteiger partial charge is 0.308 e. The number of rotatable bonds is 11. The molecule has 1 saturated carbocycles. The molecule has 50 heavy (non-hydrogen) atoms. The predicted molar refractivity (Wildman–Crippen MR) is 192 cm³/mol. The van der Waals surface area contributed by atoms with Crippen LogP contribution in [0.15, 0.2) is 42.6 Å². The van der Waals surface area contributed by atoms with Crippen LogP contribution in [0, 0.1) is 5.92 Å². The highest BCUT2D eigenvalue weighted by Gasteiger charge is 2.54. The van der Waals surface area contributed by atoms with Gasteiger partial charge in [0.1, 0.15) is 0 Å². The molecule has 13 heteroatoms. The molecular weight excluding hydrogens is 681 g/mol. The summed E-state index contributed by atoms with van der Waals surface area (Å²) in [5.41, 5.74) is 2.24. The van der Waals surface area contributed by atoms with Gasteiger partial charge < -0.3 is 24.3 Å². The van der Waals surface area contributed by atoms with Crippen molar-refractivity contribution in [1.29, 1.82) is 0 Å². The summed E-state index contributed by atoms with van der Waals surface area (Å²) in [6, 6.07) is 10.8. The molecule has 3 heterocycles. The van der Waals surface area contributed by atoms with Crippen LogP contribution >= 0.6 is 23.2 Å². The number of benzene rings is 2. The number of fused-ring (bicyclic) bond motifs is 1. The average molecular weight is 727 g/mol. The molecule has 11 nitrogen and oxygen atoms in total. The van der Waals surface area contributed by atoms with E-state index in [0.717, 1.165) is 23.7 Å². The monoisotopic (exact) mass is 725 g/mol. The number of piperazine rings is 1. The zero-order valence-electron chi connectivity index (χ0n) is 28.9. The van der Waals surface area contributed by atoms with Crippen LogP contribution in [-0.4, -0.2) is 101 Å². The lowest BCUT2D eigenvalue weighted by Gasteiger charge is -2.51. The van der Waals surface area contributed by atoms with Crippen molar-refractivity contribution in [1.82, 2.24) is 19.3 Å². The maximum Gasteiger partial charge on any atom is 0.308 e. The van der Waals surface area contributed by atoms with E-state index in [-0.39, 0.29) is 58.6 Å². The number of carbonyl (C=O) groups excluding carboxylic acids is 4. The Morgan fingerprint density at radius 1 is 0.940 bits per heavy atom. The number of likely N-dealkylation sites (tertiary alicyclic amines) is 1. The molecule has 1 unspecified atom stereocenters. The molecule has 0 radical (unpaired) electrons. The molecule has 0 spiro atoms. The van der Waals surface area contributed by atoms with Gasteiger partial charge in [-0.25, -0.2) is 4.90 Å². The quantitative estimate of drug-likeness (QED) is 0.258. The first-order valence-corrected chi connectivity index (χ1v) is 18.2. The van der Waals surface area contributed by atoms with E-state index in [9.17, 15) is 19.2 Å². The number of para-hydroxylation sites is 1. The number of aromatic nitrogens is 1. The van der Waals surface area contributed by atoms with Gasteiger partial charge in [-0.05, 0) is 69.2 Å². The van der Waals surface area contributed by atoms with Crippen molar-refractivity contribution in [2.75, 3.05) is 51.7 Å². The minimum absolute atomic E-state index is 0.0323. The number of hydrogen-bond acceptors (Lipinski definition) is 8. The maximum atomic E-state index is 14.9. The first-order chi connectivity index (χ1) is 24.0. The molecule has 1 N–H and O–H groups in total. The molecule has 268 valence electrons. The standard InChI is InChI=1S/C37H45Cl2N5O6/c1-4-49-36(48)24-11-13-26(14-12-24)50-37(43-15-7-8-16-43,44-18-17-41(2)34(46)23-44)33(45)20-25-19-30(39)31(21-29(25)38)40-35(47)28-22-42(3)32-10-6-5-9-27(28)32/h5-6,9-10,19,21-22,24,26H,4,7-8,11-18,20,23H2,1-3H3,(H,40,47)/t24-,26-,37?. The Morgan fingerprint density at radius 3 is 2.36 bits per heavy atom. The fourth-order valence-corrected chi connectivity index (χ4v) is 8.00. The van der Waals surface area contributed by atoms with Crippen molar-refractivity contribution in [2.45, 2.75) is 63.8 Å². The zero-order chi connectivity index (χ0) is 35.6. The Kier molecular flexibility index (Phi) is 11.2. The van der Waals surface area contributed by atoms with Gasteiger partial charge in [-0.15, -0.1) is 0 Å². The van der Waals surface area contributed by atoms with Crippen LogP contribution in [0.25, 0.3) is 10.9 Å². The molecule has 2 saturated heterocycles. The van der Waals surface area contributed by atoms with Gasteiger partial charge in [0.05, 0.1) is 41.4 Å². The molecule has 1 aromatic heterocycles. The van der Waals surface area contributed by atoms with Crippen LogP contribution in [0.4, 0.5) is 5.69 Å². The molecule has 3 fully saturated rings. The number of likely N-dealkylation sites (N-methyl/N-ethyl adjacent to an activating group) is 1. The van der Waals surface area contributed by atoms with E-state index < -0.39 is 5.85 Å². The highest BCUT2D eigenvalue weighted by atomic mass is 35.5. The van der Waals surface area contributed by atoms with Crippen LogP contribution in [0.3, 0.4) is 0 Å². The van der Waals surface area contributed by atoms with Gasteiger partial charge in [-0.2, -0.15) is 0 Å². The molecule has 1 aliphatic carbocycles. The lowest BCUT2D eigenvalue weighted by molar-refractivity contribution is -0.259. The number of amides is 2. The first-order valence-electron chi connectivity index (χ1n) is 17.5. The van der Waals surface area contributed by atoms with E-state index in [1.807, 2.05) is 40.8 Å². The number of esters is 1. The minimum Gasteiger partial charge on any atom is -0.466 e. The van der Waals surface area contributed by atoms with Gasteiger partial charge >= 0.3 is 5.97 Å². The second kappa shape index (κ2) is 15.4. The van der Waals surface area contributed by atoms with E-state index in [1.54, 1.807) is 37.2 Å². The number of ether oxygens (including phenoxy) is 2. The fourth-order valence-electron chi connectivity index (χ4n) is 7.53. The highest BCUT2D eigenvalue weighted by Crippen LogP contribution is 2.38.